The molecule has 1 amide bonds. The van der Waals surface area contributed by atoms with Gasteiger partial charge in [0.2, 0.25) is 5.91 Å². The van der Waals surface area contributed by atoms with E-state index in [0.717, 1.165) is 52.1 Å². The van der Waals surface area contributed by atoms with E-state index in [1.807, 2.05) is 4.90 Å². The fourth-order valence-corrected chi connectivity index (χ4v) is 5.73. The Morgan fingerprint density at radius 3 is 2.25 bits per heavy atom. The first-order valence-corrected chi connectivity index (χ1v) is 12.7. The monoisotopic (exact) mass is 431 g/mol. The number of benzene rings is 2. The van der Waals surface area contributed by atoms with E-state index in [1.165, 1.54) is 55.5 Å². The number of carbonyl (C=O) groups is 1. The fourth-order valence-electron chi connectivity index (χ4n) is 5.73. The largest absolute Gasteiger partial charge is 0.369 e. The third-order valence-electron chi connectivity index (χ3n) is 7.64. The van der Waals surface area contributed by atoms with E-state index >= 15 is 0 Å². The van der Waals surface area contributed by atoms with Crippen molar-refractivity contribution in [3.05, 3.63) is 64.7 Å². The van der Waals surface area contributed by atoms with Crippen molar-refractivity contribution in [2.75, 3.05) is 37.6 Å². The molecule has 4 heteroatoms. The molecule has 0 spiro atoms. The van der Waals surface area contributed by atoms with Crippen LogP contribution in [0, 0.1) is 0 Å². The highest BCUT2D eigenvalue weighted by Crippen LogP contribution is 2.31. The van der Waals surface area contributed by atoms with Gasteiger partial charge in [-0.15, -0.1) is 0 Å². The van der Waals surface area contributed by atoms with E-state index in [9.17, 15) is 4.79 Å². The molecule has 3 aliphatic rings. The van der Waals surface area contributed by atoms with Crippen molar-refractivity contribution in [2.45, 2.75) is 64.5 Å². The standard InChI is InChI=1S/C28H37N3O/c32-28(31-21-24-10-3-4-11-25(24)22-31)15-2-1-7-16-29-17-19-30(20-18-29)27-14-8-12-23-9-5-6-13-26(23)27/h3-4,8,10-12,14H,1-2,5-7,9,13,15-22H2. The van der Waals surface area contributed by atoms with E-state index < -0.39 is 0 Å². The van der Waals surface area contributed by atoms with Crippen LogP contribution in [0.1, 0.15) is 60.8 Å². The Bertz CT molecular complexity index is 907. The van der Waals surface area contributed by atoms with Crippen LogP contribution in [0.4, 0.5) is 5.69 Å². The first kappa shape index (κ1) is 21.5. The summed E-state index contributed by atoms with van der Waals surface area (Å²) in [4.78, 5) is 19.8. The summed E-state index contributed by atoms with van der Waals surface area (Å²) in [6.45, 7) is 7.37. The lowest BCUT2D eigenvalue weighted by atomic mass is 9.90. The molecule has 170 valence electrons. The Hall–Kier alpha value is -2.33. The van der Waals surface area contributed by atoms with Gasteiger partial charge in [-0.2, -0.15) is 0 Å². The molecular formula is C28H37N3O. The van der Waals surface area contributed by atoms with Crippen LogP contribution in [-0.4, -0.2) is 48.4 Å². The van der Waals surface area contributed by atoms with Crippen molar-refractivity contribution in [3.63, 3.8) is 0 Å². The van der Waals surface area contributed by atoms with Crippen molar-refractivity contribution in [1.29, 1.82) is 0 Å². The number of amides is 1. The van der Waals surface area contributed by atoms with Crippen LogP contribution in [0.25, 0.3) is 0 Å². The summed E-state index contributed by atoms with van der Waals surface area (Å²) in [5.74, 6) is 0.320. The number of hydrogen-bond donors (Lipinski definition) is 0. The Morgan fingerprint density at radius 1 is 0.750 bits per heavy atom. The van der Waals surface area contributed by atoms with E-state index in [2.05, 4.69) is 52.3 Å². The summed E-state index contributed by atoms with van der Waals surface area (Å²) in [5.41, 5.74) is 7.35. The molecule has 0 radical (unpaired) electrons. The first-order chi connectivity index (χ1) is 15.8. The third-order valence-corrected chi connectivity index (χ3v) is 7.64. The maximum absolute atomic E-state index is 12.6. The van der Waals surface area contributed by atoms with Gasteiger partial charge >= 0.3 is 0 Å². The van der Waals surface area contributed by atoms with E-state index in [0.29, 0.717) is 12.3 Å². The van der Waals surface area contributed by atoms with E-state index in [-0.39, 0.29) is 0 Å². The lowest BCUT2D eigenvalue weighted by Gasteiger charge is -2.38. The predicted molar refractivity (Wildman–Crippen MR) is 131 cm³/mol. The van der Waals surface area contributed by atoms with Gasteiger partial charge in [0.25, 0.3) is 0 Å². The van der Waals surface area contributed by atoms with Crippen molar-refractivity contribution >= 4 is 11.6 Å². The quantitative estimate of drug-likeness (QED) is 0.590. The third kappa shape index (κ3) is 4.85. The lowest BCUT2D eigenvalue weighted by Crippen LogP contribution is -2.47. The molecule has 0 bridgehead atoms. The van der Waals surface area contributed by atoms with Crippen LogP contribution in [-0.2, 0) is 30.7 Å². The van der Waals surface area contributed by atoms with Gasteiger partial charge in [-0.3, -0.25) is 9.69 Å². The maximum Gasteiger partial charge on any atom is 0.223 e. The van der Waals surface area contributed by atoms with Crippen molar-refractivity contribution in [2.24, 2.45) is 0 Å². The van der Waals surface area contributed by atoms with Crippen LogP contribution in [0.15, 0.2) is 42.5 Å². The number of hydrogen-bond acceptors (Lipinski definition) is 3. The molecule has 0 unspecified atom stereocenters. The number of fused-ring (bicyclic) bond motifs is 2. The highest BCUT2D eigenvalue weighted by molar-refractivity contribution is 5.76. The zero-order chi connectivity index (χ0) is 21.8. The smallest absolute Gasteiger partial charge is 0.223 e. The number of carbonyl (C=O) groups excluding carboxylic acids is 1. The number of piperazine rings is 1. The second kappa shape index (κ2) is 10.1. The van der Waals surface area contributed by atoms with Gasteiger partial charge in [0.1, 0.15) is 0 Å². The molecule has 1 aliphatic carbocycles. The maximum atomic E-state index is 12.6. The Kier molecular flexibility index (Phi) is 6.77. The van der Waals surface area contributed by atoms with Gasteiger partial charge in [-0.05, 0) is 73.4 Å². The summed E-state index contributed by atoms with van der Waals surface area (Å²) >= 11 is 0. The van der Waals surface area contributed by atoms with E-state index in [4.69, 9.17) is 0 Å². The van der Waals surface area contributed by atoms with Crippen LogP contribution < -0.4 is 4.90 Å². The van der Waals surface area contributed by atoms with Crippen LogP contribution in [0.5, 0.6) is 0 Å². The second-order valence-electron chi connectivity index (χ2n) is 9.78. The Morgan fingerprint density at radius 2 is 1.47 bits per heavy atom. The first-order valence-electron chi connectivity index (χ1n) is 12.7. The van der Waals surface area contributed by atoms with Gasteiger partial charge < -0.3 is 9.80 Å². The minimum absolute atomic E-state index is 0.320. The van der Waals surface area contributed by atoms with Crippen molar-refractivity contribution < 1.29 is 4.79 Å². The number of anilines is 1. The lowest BCUT2D eigenvalue weighted by molar-refractivity contribution is -0.131. The summed E-state index contributed by atoms with van der Waals surface area (Å²) in [7, 11) is 0. The second-order valence-corrected chi connectivity index (χ2v) is 9.78. The number of nitrogens with zero attached hydrogens (tertiary/aromatic N) is 3. The van der Waals surface area contributed by atoms with Gasteiger partial charge in [0.05, 0.1) is 0 Å². The zero-order valence-electron chi connectivity index (χ0n) is 19.4. The molecule has 0 saturated carbocycles. The SMILES string of the molecule is O=C(CCCCCN1CCN(c2cccc3c2CCCC3)CC1)N1Cc2ccccc2C1. The molecule has 0 N–H and O–H groups in total. The average molecular weight is 432 g/mol. The highest BCUT2D eigenvalue weighted by atomic mass is 16.2. The Labute approximate surface area is 193 Å². The average Bonchev–Trinajstić information content (AvgIpc) is 3.28. The van der Waals surface area contributed by atoms with Gasteiger partial charge in [-0.1, -0.05) is 42.8 Å². The minimum Gasteiger partial charge on any atom is -0.369 e. The number of unbranched alkanes of at least 4 members (excludes halogenated alkanes) is 2. The fraction of sp³-hybridized carbons (Fsp3) is 0.536. The van der Waals surface area contributed by atoms with Gasteiger partial charge in [-0.25, -0.2) is 0 Å². The molecule has 32 heavy (non-hydrogen) atoms. The molecule has 2 aromatic carbocycles. The molecule has 4 nitrogen and oxygen atoms in total. The molecule has 1 fully saturated rings. The molecule has 0 aromatic heterocycles. The summed E-state index contributed by atoms with van der Waals surface area (Å²) in [5, 5.41) is 0. The molecule has 2 aliphatic heterocycles. The predicted octanol–water partition coefficient (Wildman–Crippen LogP) is 4.79. The highest BCUT2D eigenvalue weighted by Gasteiger charge is 2.23. The molecule has 5 rings (SSSR count). The van der Waals surface area contributed by atoms with Crippen LogP contribution >= 0.6 is 0 Å². The molecular weight excluding hydrogens is 394 g/mol. The minimum atomic E-state index is 0.320. The summed E-state index contributed by atoms with van der Waals surface area (Å²) in [6.07, 6.45) is 9.28. The topological polar surface area (TPSA) is 26.8 Å². The van der Waals surface area contributed by atoms with Gasteiger partial charge in [0.15, 0.2) is 0 Å². The number of rotatable bonds is 7. The number of aryl methyl sites for hydroxylation is 1. The molecule has 2 heterocycles. The summed E-state index contributed by atoms with van der Waals surface area (Å²) in [6, 6.07) is 15.4. The van der Waals surface area contributed by atoms with Crippen molar-refractivity contribution in [1.82, 2.24) is 9.80 Å². The van der Waals surface area contributed by atoms with E-state index in [1.54, 1.807) is 11.1 Å². The Balaban J connectivity index is 0.995. The van der Waals surface area contributed by atoms with Gasteiger partial charge in [0, 0.05) is 51.4 Å². The van der Waals surface area contributed by atoms with Crippen LogP contribution in [0.3, 0.4) is 0 Å². The molecule has 0 atom stereocenters. The zero-order valence-corrected chi connectivity index (χ0v) is 19.4. The normalized spacial score (nSPS) is 18.5. The van der Waals surface area contributed by atoms with Crippen molar-refractivity contribution in [3.8, 4) is 0 Å². The van der Waals surface area contributed by atoms with Crippen LogP contribution in [0.2, 0.25) is 0 Å². The molecule has 2 aromatic rings. The molecule has 1 saturated heterocycles. The summed E-state index contributed by atoms with van der Waals surface area (Å²) < 4.78 is 0.